The van der Waals surface area contributed by atoms with Gasteiger partial charge in [0.1, 0.15) is 0 Å². The maximum absolute atomic E-state index is 11.1. The van der Waals surface area contributed by atoms with E-state index in [0.29, 0.717) is 0 Å². The van der Waals surface area contributed by atoms with Crippen molar-refractivity contribution in [3.05, 3.63) is 16.4 Å². The van der Waals surface area contributed by atoms with Gasteiger partial charge in [0, 0.05) is 13.1 Å². The molecule has 0 aliphatic carbocycles. The van der Waals surface area contributed by atoms with Gasteiger partial charge < -0.3 is 5.11 Å². The van der Waals surface area contributed by atoms with E-state index >= 15 is 0 Å². The van der Waals surface area contributed by atoms with Crippen molar-refractivity contribution in [3.63, 3.8) is 0 Å². The summed E-state index contributed by atoms with van der Waals surface area (Å²) in [6.07, 6.45) is 0. The molecule has 0 aliphatic heterocycles. The number of rotatable bonds is 1. The van der Waals surface area contributed by atoms with Crippen molar-refractivity contribution in [1.82, 2.24) is 9.36 Å². The Kier molecular flexibility index (Phi) is 1.76. The Hall–Kier alpha value is -1.19. The summed E-state index contributed by atoms with van der Waals surface area (Å²) in [4.78, 5) is 11.1. The Labute approximate surface area is 64.7 Å². The second kappa shape index (κ2) is 2.45. The van der Waals surface area contributed by atoms with Crippen LogP contribution in [-0.4, -0.2) is 14.5 Å². The molecule has 0 radical (unpaired) electrons. The topological polar surface area (TPSA) is 47.2 Å². The Morgan fingerprint density at radius 1 is 1.55 bits per heavy atom. The lowest BCUT2D eigenvalue weighted by Crippen LogP contribution is -2.22. The number of aromatic hydroxyl groups is 1. The van der Waals surface area contributed by atoms with Crippen molar-refractivity contribution in [1.29, 1.82) is 0 Å². The molecule has 62 valence electrons. The largest absolute Gasteiger partial charge is 0.493 e. The SMILES string of the molecule is CC(C)n1c(=O)cc(O)n1C. The number of aromatic nitrogens is 2. The van der Waals surface area contributed by atoms with E-state index in [0.717, 1.165) is 0 Å². The quantitative estimate of drug-likeness (QED) is 0.642. The molecule has 1 heterocycles. The van der Waals surface area contributed by atoms with E-state index in [2.05, 4.69) is 0 Å². The van der Waals surface area contributed by atoms with Crippen LogP contribution >= 0.6 is 0 Å². The molecule has 1 N–H and O–H groups in total. The molecule has 0 saturated heterocycles. The van der Waals surface area contributed by atoms with Gasteiger partial charge >= 0.3 is 0 Å². The zero-order chi connectivity index (χ0) is 8.59. The molecule has 0 bridgehead atoms. The van der Waals surface area contributed by atoms with Crippen molar-refractivity contribution >= 4 is 0 Å². The van der Waals surface area contributed by atoms with E-state index < -0.39 is 0 Å². The highest BCUT2D eigenvalue weighted by Gasteiger charge is 2.08. The van der Waals surface area contributed by atoms with Crippen LogP contribution in [0.3, 0.4) is 0 Å². The van der Waals surface area contributed by atoms with E-state index in [1.54, 1.807) is 7.05 Å². The zero-order valence-electron chi connectivity index (χ0n) is 6.90. The van der Waals surface area contributed by atoms with Gasteiger partial charge in [0.05, 0.1) is 6.07 Å². The molecular weight excluding hydrogens is 144 g/mol. The molecule has 11 heavy (non-hydrogen) atoms. The summed E-state index contributed by atoms with van der Waals surface area (Å²) >= 11 is 0. The first-order chi connectivity index (χ1) is 5.04. The Morgan fingerprint density at radius 3 is 2.27 bits per heavy atom. The molecule has 0 aromatic carbocycles. The molecule has 1 rings (SSSR count). The van der Waals surface area contributed by atoms with Gasteiger partial charge in [0.25, 0.3) is 5.56 Å². The Morgan fingerprint density at radius 2 is 2.09 bits per heavy atom. The monoisotopic (exact) mass is 156 g/mol. The fourth-order valence-electron chi connectivity index (χ4n) is 1.13. The summed E-state index contributed by atoms with van der Waals surface area (Å²) in [5, 5.41) is 9.11. The first-order valence-corrected chi connectivity index (χ1v) is 3.51. The van der Waals surface area contributed by atoms with E-state index in [1.165, 1.54) is 15.4 Å². The zero-order valence-corrected chi connectivity index (χ0v) is 6.90. The normalized spacial score (nSPS) is 10.9. The minimum absolute atomic E-state index is 0.00343. The van der Waals surface area contributed by atoms with Crippen LogP contribution in [0.2, 0.25) is 0 Å². The van der Waals surface area contributed by atoms with Crippen LogP contribution in [0, 0.1) is 0 Å². The van der Waals surface area contributed by atoms with Crippen LogP contribution in [0.4, 0.5) is 0 Å². The van der Waals surface area contributed by atoms with E-state index in [4.69, 9.17) is 5.11 Å². The van der Waals surface area contributed by atoms with Gasteiger partial charge in [-0.15, -0.1) is 0 Å². The van der Waals surface area contributed by atoms with Crippen molar-refractivity contribution in [2.24, 2.45) is 7.05 Å². The number of hydrogen-bond donors (Lipinski definition) is 1. The molecule has 0 aliphatic rings. The average molecular weight is 156 g/mol. The summed E-state index contributed by atoms with van der Waals surface area (Å²) in [5.41, 5.74) is -0.167. The van der Waals surface area contributed by atoms with Crippen LogP contribution in [0.25, 0.3) is 0 Å². The Balaban J connectivity index is 3.34. The van der Waals surface area contributed by atoms with Gasteiger partial charge in [-0.3, -0.25) is 9.48 Å². The standard InChI is InChI=1S/C7H12N2O2/c1-5(2)9-7(11)4-6(10)8(9)3/h4-5,10H,1-3H3. The molecule has 0 spiro atoms. The third-order valence-electron chi connectivity index (χ3n) is 1.62. The van der Waals surface area contributed by atoms with Crippen molar-refractivity contribution in [2.75, 3.05) is 0 Å². The van der Waals surface area contributed by atoms with Gasteiger partial charge in [-0.05, 0) is 13.8 Å². The van der Waals surface area contributed by atoms with Crippen molar-refractivity contribution in [3.8, 4) is 5.88 Å². The molecule has 1 aromatic heterocycles. The minimum atomic E-state index is -0.167. The summed E-state index contributed by atoms with van der Waals surface area (Å²) in [5.74, 6) is 0.00343. The van der Waals surface area contributed by atoms with Gasteiger partial charge in [-0.25, -0.2) is 4.68 Å². The predicted molar refractivity (Wildman–Crippen MR) is 41.7 cm³/mol. The summed E-state index contributed by atoms with van der Waals surface area (Å²) in [6, 6.07) is 1.29. The van der Waals surface area contributed by atoms with E-state index in [-0.39, 0.29) is 17.5 Å². The molecule has 0 amide bonds. The third kappa shape index (κ3) is 1.15. The average Bonchev–Trinajstić information content (AvgIpc) is 2.07. The van der Waals surface area contributed by atoms with Crippen molar-refractivity contribution < 1.29 is 5.11 Å². The lowest BCUT2D eigenvalue weighted by atomic mass is 10.4. The second-order valence-electron chi connectivity index (χ2n) is 2.80. The molecule has 4 heteroatoms. The van der Waals surface area contributed by atoms with Gasteiger partial charge in [-0.1, -0.05) is 0 Å². The molecule has 0 atom stereocenters. The maximum Gasteiger partial charge on any atom is 0.270 e. The minimum Gasteiger partial charge on any atom is -0.493 e. The van der Waals surface area contributed by atoms with Crippen LogP contribution in [0.15, 0.2) is 10.9 Å². The van der Waals surface area contributed by atoms with Crippen LogP contribution in [0.5, 0.6) is 5.88 Å². The highest BCUT2D eigenvalue weighted by molar-refractivity contribution is 5.06. The first-order valence-electron chi connectivity index (χ1n) is 3.51. The second-order valence-corrected chi connectivity index (χ2v) is 2.80. The van der Waals surface area contributed by atoms with Crippen LogP contribution < -0.4 is 5.56 Å². The summed E-state index contributed by atoms with van der Waals surface area (Å²) in [7, 11) is 1.65. The fraction of sp³-hybridized carbons (Fsp3) is 0.571. The van der Waals surface area contributed by atoms with Gasteiger partial charge in [0.2, 0.25) is 5.88 Å². The van der Waals surface area contributed by atoms with E-state index in [1.807, 2.05) is 13.8 Å². The lowest BCUT2D eigenvalue weighted by molar-refractivity contribution is 0.362. The lowest BCUT2D eigenvalue weighted by Gasteiger charge is -2.10. The highest BCUT2D eigenvalue weighted by atomic mass is 16.3. The number of nitrogens with zero attached hydrogens (tertiary/aromatic N) is 2. The summed E-state index contributed by atoms with van der Waals surface area (Å²) in [6.45, 7) is 3.78. The van der Waals surface area contributed by atoms with Crippen LogP contribution in [-0.2, 0) is 7.05 Å². The third-order valence-corrected chi connectivity index (χ3v) is 1.62. The van der Waals surface area contributed by atoms with Crippen molar-refractivity contribution in [2.45, 2.75) is 19.9 Å². The first kappa shape index (κ1) is 7.91. The Bertz CT molecular complexity index is 309. The van der Waals surface area contributed by atoms with Gasteiger partial charge in [-0.2, -0.15) is 0 Å². The molecule has 0 saturated carbocycles. The number of hydrogen-bond acceptors (Lipinski definition) is 2. The smallest absolute Gasteiger partial charge is 0.270 e. The molecule has 1 aromatic rings. The van der Waals surface area contributed by atoms with Crippen LogP contribution in [0.1, 0.15) is 19.9 Å². The predicted octanol–water partition coefficient (Wildman–Crippen LogP) is 0.473. The molecule has 4 nitrogen and oxygen atoms in total. The maximum atomic E-state index is 11.1. The van der Waals surface area contributed by atoms with Gasteiger partial charge in [0.15, 0.2) is 0 Å². The van der Waals surface area contributed by atoms with E-state index in [9.17, 15) is 4.79 Å². The summed E-state index contributed by atoms with van der Waals surface area (Å²) < 4.78 is 2.92. The molecule has 0 fully saturated rings. The molecular formula is C7H12N2O2. The highest BCUT2D eigenvalue weighted by Crippen LogP contribution is 2.07. The fourth-order valence-corrected chi connectivity index (χ4v) is 1.13. The molecule has 0 unspecified atom stereocenters.